The van der Waals surface area contributed by atoms with Gasteiger partial charge in [-0.2, -0.15) is 0 Å². The molecule has 1 aliphatic heterocycles. The van der Waals surface area contributed by atoms with Crippen molar-refractivity contribution >= 4 is 11.7 Å². The number of hydrogen-bond donors (Lipinski definition) is 0. The predicted molar refractivity (Wildman–Crippen MR) is 91.4 cm³/mol. The molecule has 25 heavy (non-hydrogen) atoms. The quantitative estimate of drug-likeness (QED) is 0.472. The number of benzene rings is 2. The molecule has 0 spiro atoms. The van der Waals surface area contributed by atoms with Crippen LogP contribution in [0.25, 0.3) is 11.1 Å². The third kappa shape index (κ3) is 3.46. The lowest BCUT2D eigenvalue weighted by Crippen LogP contribution is -2.27. The summed E-state index contributed by atoms with van der Waals surface area (Å²) in [6.45, 7) is 0.879. The van der Waals surface area contributed by atoms with Gasteiger partial charge in [0.2, 0.25) is 6.10 Å². The first kappa shape index (κ1) is 16.9. The fraction of sp³-hybridized carbons (Fsp3) is 0.278. The molecule has 1 unspecified atom stereocenters. The fourth-order valence-corrected chi connectivity index (χ4v) is 2.69. The zero-order chi connectivity index (χ0) is 18.0. The van der Waals surface area contributed by atoms with E-state index in [0.717, 1.165) is 5.56 Å². The summed E-state index contributed by atoms with van der Waals surface area (Å²) >= 11 is 0. The number of rotatable bonds is 5. The Kier molecular flexibility index (Phi) is 4.67. The fourth-order valence-electron chi connectivity index (χ4n) is 2.69. The van der Waals surface area contributed by atoms with Gasteiger partial charge in [0.15, 0.2) is 0 Å². The normalized spacial score (nSPS) is 15.1. The second-order valence-corrected chi connectivity index (χ2v) is 5.99. The third-order valence-electron chi connectivity index (χ3n) is 3.95. The molecule has 1 atom stereocenters. The number of carbonyl (C=O) groups is 1. The van der Waals surface area contributed by atoms with Gasteiger partial charge < -0.3 is 14.4 Å². The largest absolute Gasteiger partial charge is 0.473 e. The molecular weight excluding hydrogens is 324 g/mol. The van der Waals surface area contributed by atoms with Gasteiger partial charge >= 0.3 is 5.97 Å². The summed E-state index contributed by atoms with van der Waals surface area (Å²) < 4.78 is 11.1. The summed E-state index contributed by atoms with van der Waals surface area (Å²) in [6, 6.07) is 11.5. The van der Waals surface area contributed by atoms with E-state index in [1.807, 2.05) is 31.1 Å². The van der Waals surface area contributed by atoms with Gasteiger partial charge in [-0.15, -0.1) is 0 Å². The number of carbonyl (C=O) groups excluding carboxylic acids is 1. The standard InChI is InChI=1S/C18H18N2O5/c1-19(2)9-10-24-18(21)17-14-6-4-3-5-13(14)15-11-12(20(22)23)7-8-16(15)25-17/h3-8,11,17H,9-10H2,1-2H3. The highest BCUT2D eigenvalue weighted by atomic mass is 16.6. The number of hydrogen-bond acceptors (Lipinski definition) is 6. The van der Waals surface area contributed by atoms with E-state index in [1.54, 1.807) is 12.1 Å². The Balaban J connectivity index is 1.93. The van der Waals surface area contributed by atoms with Crippen molar-refractivity contribution in [2.45, 2.75) is 6.10 Å². The summed E-state index contributed by atoms with van der Waals surface area (Å²) in [5.74, 6) is -0.0443. The molecule has 130 valence electrons. The minimum Gasteiger partial charge on any atom is -0.473 e. The lowest BCUT2D eigenvalue weighted by Gasteiger charge is -2.27. The number of non-ortho nitro benzene ring substituents is 1. The molecule has 0 fully saturated rings. The Morgan fingerprint density at radius 3 is 2.72 bits per heavy atom. The molecule has 0 aromatic heterocycles. The van der Waals surface area contributed by atoms with Gasteiger partial charge in [0, 0.05) is 29.8 Å². The zero-order valence-electron chi connectivity index (χ0n) is 14.0. The highest BCUT2D eigenvalue weighted by Crippen LogP contribution is 2.44. The summed E-state index contributed by atoms with van der Waals surface area (Å²) in [4.78, 5) is 24.9. The first-order valence-corrected chi connectivity index (χ1v) is 7.83. The molecule has 1 aliphatic rings. The highest BCUT2D eigenvalue weighted by molar-refractivity contribution is 5.86. The molecule has 0 saturated carbocycles. The smallest absolute Gasteiger partial charge is 0.352 e. The van der Waals surface area contributed by atoms with Gasteiger partial charge in [-0.25, -0.2) is 4.79 Å². The van der Waals surface area contributed by atoms with Crippen LogP contribution in [-0.2, 0) is 9.53 Å². The van der Waals surface area contributed by atoms with Crippen LogP contribution >= 0.6 is 0 Å². The Labute approximate surface area is 144 Å². The lowest BCUT2D eigenvalue weighted by molar-refractivity contribution is -0.384. The van der Waals surface area contributed by atoms with Crippen molar-refractivity contribution in [3.63, 3.8) is 0 Å². The molecule has 0 aliphatic carbocycles. The van der Waals surface area contributed by atoms with Crippen LogP contribution < -0.4 is 4.74 Å². The van der Waals surface area contributed by atoms with E-state index in [0.29, 0.717) is 23.4 Å². The predicted octanol–water partition coefficient (Wildman–Crippen LogP) is 2.80. The summed E-state index contributed by atoms with van der Waals surface area (Å²) in [5.41, 5.74) is 1.96. The Hall–Kier alpha value is -2.93. The Morgan fingerprint density at radius 1 is 1.24 bits per heavy atom. The van der Waals surface area contributed by atoms with Gasteiger partial charge in [-0.1, -0.05) is 24.3 Å². The van der Waals surface area contributed by atoms with E-state index in [1.165, 1.54) is 18.2 Å². The Bertz CT molecular complexity index is 819. The number of nitrogens with zero attached hydrogens (tertiary/aromatic N) is 2. The summed E-state index contributed by atoms with van der Waals surface area (Å²) in [7, 11) is 3.78. The number of fused-ring (bicyclic) bond motifs is 3. The summed E-state index contributed by atoms with van der Waals surface area (Å²) in [6.07, 6.45) is -0.882. The molecule has 1 heterocycles. The van der Waals surface area contributed by atoms with Gasteiger partial charge in [0.05, 0.1) is 4.92 Å². The number of ether oxygens (including phenoxy) is 2. The van der Waals surface area contributed by atoms with Crippen LogP contribution in [-0.4, -0.2) is 43.0 Å². The minimum atomic E-state index is -0.882. The zero-order valence-corrected chi connectivity index (χ0v) is 14.0. The SMILES string of the molecule is CN(C)CCOC(=O)C1Oc2ccc([N+](=O)[O-])cc2-c2ccccc21. The minimum absolute atomic E-state index is 0.0239. The van der Waals surface area contributed by atoms with Gasteiger partial charge in [0.25, 0.3) is 5.69 Å². The van der Waals surface area contributed by atoms with Crippen molar-refractivity contribution in [2.75, 3.05) is 27.2 Å². The maximum atomic E-state index is 12.5. The molecular formula is C18H18N2O5. The van der Waals surface area contributed by atoms with E-state index in [4.69, 9.17) is 9.47 Å². The van der Waals surface area contributed by atoms with Crippen molar-refractivity contribution in [3.8, 4) is 16.9 Å². The molecule has 0 saturated heterocycles. The van der Waals surface area contributed by atoms with Gasteiger partial charge in [-0.05, 0) is 25.7 Å². The van der Waals surface area contributed by atoms with Crippen molar-refractivity contribution in [1.82, 2.24) is 4.90 Å². The van der Waals surface area contributed by atoms with Crippen LogP contribution in [0.15, 0.2) is 42.5 Å². The van der Waals surface area contributed by atoms with Crippen LogP contribution in [0.4, 0.5) is 5.69 Å². The molecule has 7 heteroatoms. The lowest BCUT2D eigenvalue weighted by atomic mass is 9.92. The average Bonchev–Trinajstić information content (AvgIpc) is 2.60. The maximum Gasteiger partial charge on any atom is 0.352 e. The van der Waals surface area contributed by atoms with E-state index in [2.05, 4.69) is 0 Å². The number of esters is 1. The molecule has 0 N–H and O–H groups in total. The summed E-state index contributed by atoms with van der Waals surface area (Å²) in [5, 5.41) is 11.0. The molecule has 0 radical (unpaired) electrons. The highest BCUT2D eigenvalue weighted by Gasteiger charge is 2.33. The molecule has 7 nitrogen and oxygen atoms in total. The molecule has 2 aromatic rings. The van der Waals surface area contributed by atoms with Crippen molar-refractivity contribution in [1.29, 1.82) is 0 Å². The maximum absolute atomic E-state index is 12.5. The first-order valence-electron chi connectivity index (χ1n) is 7.83. The topological polar surface area (TPSA) is 81.9 Å². The van der Waals surface area contributed by atoms with E-state index >= 15 is 0 Å². The molecule has 0 amide bonds. The van der Waals surface area contributed by atoms with E-state index in [9.17, 15) is 14.9 Å². The first-order chi connectivity index (χ1) is 12.0. The number of nitro benzene ring substituents is 1. The van der Waals surface area contributed by atoms with Crippen LogP contribution in [0.3, 0.4) is 0 Å². The van der Waals surface area contributed by atoms with Crippen molar-refractivity contribution < 1.29 is 19.2 Å². The van der Waals surface area contributed by atoms with Crippen molar-refractivity contribution in [2.24, 2.45) is 0 Å². The van der Waals surface area contributed by atoms with E-state index < -0.39 is 17.0 Å². The van der Waals surface area contributed by atoms with E-state index in [-0.39, 0.29) is 12.3 Å². The molecule has 0 bridgehead atoms. The third-order valence-corrected chi connectivity index (χ3v) is 3.95. The molecule has 3 rings (SSSR count). The monoisotopic (exact) mass is 342 g/mol. The van der Waals surface area contributed by atoms with Crippen molar-refractivity contribution in [3.05, 3.63) is 58.1 Å². The van der Waals surface area contributed by atoms with Gasteiger partial charge in [0.1, 0.15) is 12.4 Å². The van der Waals surface area contributed by atoms with Gasteiger partial charge in [-0.3, -0.25) is 10.1 Å². The number of nitro groups is 1. The van der Waals surface area contributed by atoms with Crippen LogP contribution in [0.2, 0.25) is 0 Å². The van der Waals surface area contributed by atoms with Crippen LogP contribution in [0.1, 0.15) is 11.7 Å². The second kappa shape index (κ2) is 6.90. The molecule has 2 aromatic carbocycles. The number of likely N-dealkylation sites (N-methyl/N-ethyl adjacent to an activating group) is 1. The average molecular weight is 342 g/mol. The second-order valence-electron chi connectivity index (χ2n) is 5.99. The Morgan fingerprint density at radius 2 is 2.00 bits per heavy atom. The van der Waals surface area contributed by atoms with Crippen LogP contribution in [0.5, 0.6) is 5.75 Å². The van der Waals surface area contributed by atoms with Crippen LogP contribution in [0, 0.1) is 10.1 Å².